The van der Waals surface area contributed by atoms with E-state index in [1.165, 1.54) is 5.69 Å². The van der Waals surface area contributed by atoms with Gasteiger partial charge in [0.1, 0.15) is 11.9 Å². The van der Waals surface area contributed by atoms with Gasteiger partial charge in [-0.2, -0.15) is 0 Å². The molecule has 1 aromatic heterocycles. The Kier molecular flexibility index (Phi) is 6.29. The van der Waals surface area contributed by atoms with E-state index in [1.807, 2.05) is 28.0 Å². The first-order valence-corrected chi connectivity index (χ1v) is 10.2. The summed E-state index contributed by atoms with van der Waals surface area (Å²) in [6, 6.07) is 11.9. The van der Waals surface area contributed by atoms with Crippen molar-refractivity contribution in [3.63, 3.8) is 0 Å². The maximum absolute atomic E-state index is 13.0. The standard InChI is InChI=1S/C21H27N5O4/c1-16-13-19(23-30-16)22-20(27)15-24-11-12-29-18(14-24)21(28)26-9-7-25(8-10-26)17-5-3-2-4-6-17/h2-6,13,18H,7-12,14-15H2,1H3,(H,22,23,27)/t18-/m0/s1. The minimum atomic E-state index is -0.538. The Labute approximate surface area is 175 Å². The zero-order chi connectivity index (χ0) is 20.9. The molecule has 4 rings (SSSR count). The van der Waals surface area contributed by atoms with Crippen molar-refractivity contribution in [3.05, 3.63) is 42.2 Å². The lowest BCUT2D eigenvalue weighted by Gasteiger charge is -2.39. The molecule has 0 aliphatic carbocycles. The van der Waals surface area contributed by atoms with Crippen LogP contribution in [0.15, 0.2) is 40.9 Å². The van der Waals surface area contributed by atoms with Gasteiger partial charge in [0.15, 0.2) is 5.82 Å². The van der Waals surface area contributed by atoms with E-state index in [0.29, 0.717) is 44.4 Å². The van der Waals surface area contributed by atoms with Crippen molar-refractivity contribution in [2.24, 2.45) is 0 Å². The number of piperazine rings is 1. The Morgan fingerprint density at radius 1 is 1.13 bits per heavy atom. The van der Waals surface area contributed by atoms with E-state index in [1.54, 1.807) is 13.0 Å². The first-order chi connectivity index (χ1) is 14.6. The van der Waals surface area contributed by atoms with Crippen molar-refractivity contribution >= 4 is 23.3 Å². The number of benzene rings is 1. The number of anilines is 2. The fourth-order valence-corrected chi connectivity index (χ4v) is 3.83. The number of aromatic nitrogens is 1. The molecule has 2 amide bonds. The van der Waals surface area contributed by atoms with Gasteiger partial charge >= 0.3 is 0 Å². The molecular weight excluding hydrogens is 386 g/mol. The number of amides is 2. The highest BCUT2D eigenvalue weighted by atomic mass is 16.5. The Hall–Kier alpha value is -2.91. The fourth-order valence-electron chi connectivity index (χ4n) is 3.83. The average Bonchev–Trinajstić information content (AvgIpc) is 3.18. The second kappa shape index (κ2) is 9.27. The Bertz CT molecular complexity index is 863. The third kappa shape index (κ3) is 4.98. The molecule has 9 nitrogen and oxygen atoms in total. The van der Waals surface area contributed by atoms with Crippen molar-refractivity contribution < 1.29 is 18.8 Å². The molecule has 2 fully saturated rings. The number of ether oxygens (including phenoxy) is 1. The van der Waals surface area contributed by atoms with Gasteiger partial charge in [-0.25, -0.2) is 0 Å². The van der Waals surface area contributed by atoms with Gasteiger partial charge in [0.05, 0.1) is 13.2 Å². The number of morpholine rings is 1. The molecule has 1 N–H and O–H groups in total. The number of hydrogen-bond donors (Lipinski definition) is 1. The number of nitrogens with one attached hydrogen (secondary N) is 1. The third-order valence-corrected chi connectivity index (χ3v) is 5.40. The maximum atomic E-state index is 13.0. The molecule has 0 spiro atoms. The van der Waals surface area contributed by atoms with Crippen molar-refractivity contribution in [1.29, 1.82) is 0 Å². The monoisotopic (exact) mass is 413 g/mol. The number of rotatable bonds is 5. The lowest BCUT2D eigenvalue weighted by Crippen LogP contribution is -2.56. The van der Waals surface area contributed by atoms with Crippen LogP contribution in [0.2, 0.25) is 0 Å². The zero-order valence-electron chi connectivity index (χ0n) is 17.1. The molecule has 1 aromatic carbocycles. The smallest absolute Gasteiger partial charge is 0.253 e. The van der Waals surface area contributed by atoms with Crippen molar-refractivity contribution in [2.45, 2.75) is 13.0 Å². The van der Waals surface area contributed by atoms with Crippen LogP contribution in [0.25, 0.3) is 0 Å². The molecule has 0 radical (unpaired) electrons. The predicted molar refractivity (Wildman–Crippen MR) is 111 cm³/mol. The van der Waals surface area contributed by atoms with Crippen LogP contribution in [0.5, 0.6) is 0 Å². The van der Waals surface area contributed by atoms with Crippen LogP contribution >= 0.6 is 0 Å². The van der Waals surface area contributed by atoms with E-state index < -0.39 is 6.10 Å². The molecule has 2 aromatic rings. The number of carbonyl (C=O) groups is 2. The number of aryl methyl sites for hydroxylation is 1. The molecular formula is C21H27N5O4. The summed E-state index contributed by atoms with van der Waals surface area (Å²) in [7, 11) is 0. The van der Waals surface area contributed by atoms with Crippen LogP contribution in [-0.4, -0.2) is 85.3 Å². The van der Waals surface area contributed by atoms with Gasteiger partial charge in [0.2, 0.25) is 5.91 Å². The van der Waals surface area contributed by atoms with Gasteiger partial charge < -0.3 is 24.4 Å². The van der Waals surface area contributed by atoms with Crippen LogP contribution in [-0.2, 0) is 14.3 Å². The second-order valence-electron chi connectivity index (χ2n) is 7.61. The number of hydrogen-bond acceptors (Lipinski definition) is 7. The normalized spacial score (nSPS) is 20.2. The molecule has 1 atom stereocenters. The highest BCUT2D eigenvalue weighted by molar-refractivity contribution is 5.91. The van der Waals surface area contributed by atoms with E-state index in [-0.39, 0.29) is 18.4 Å². The Balaban J connectivity index is 1.26. The summed E-state index contributed by atoms with van der Waals surface area (Å²) in [6.45, 7) is 6.31. The van der Waals surface area contributed by atoms with Crippen molar-refractivity contribution in [3.8, 4) is 0 Å². The van der Waals surface area contributed by atoms with Crippen LogP contribution in [0.1, 0.15) is 5.76 Å². The molecule has 2 aliphatic heterocycles. The maximum Gasteiger partial charge on any atom is 0.253 e. The number of para-hydroxylation sites is 1. The topological polar surface area (TPSA) is 91.2 Å². The third-order valence-electron chi connectivity index (χ3n) is 5.40. The van der Waals surface area contributed by atoms with Gasteiger partial charge in [-0.3, -0.25) is 14.5 Å². The van der Waals surface area contributed by atoms with Gasteiger partial charge in [0.25, 0.3) is 5.91 Å². The first-order valence-electron chi connectivity index (χ1n) is 10.2. The lowest BCUT2D eigenvalue weighted by molar-refractivity contribution is -0.150. The summed E-state index contributed by atoms with van der Waals surface area (Å²) in [5, 5.41) is 6.48. The van der Waals surface area contributed by atoms with E-state index in [2.05, 4.69) is 27.5 Å². The van der Waals surface area contributed by atoms with Crippen LogP contribution < -0.4 is 10.2 Å². The summed E-state index contributed by atoms with van der Waals surface area (Å²) in [4.78, 5) is 31.3. The molecule has 2 saturated heterocycles. The molecule has 2 aliphatic rings. The SMILES string of the molecule is Cc1cc(NC(=O)CN2CCO[C@H](C(=O)N3CCN(c4ccccc4)CC3)C2)no1. The van der Waals surface area contributed by atoms with E-state index in [9.17, 15) is 9.59 Å². The van der Waals surface area contributed by atoms with Gasteiger partial charge in [-0.15, -0.1) is 0 Å². The minimum absolute atomic E-state index is 0.0000501. The minimum Gasteiger partial charge on any atom is -0.368 e. The van der Waals surface area contributed by atoms with Crippen molar-refractivity contribution in [1.82, 2.24) is 15.0 Å². The molecule has 9 heteroatoms. The van der Waals surface area contributed by atoms with Crippen LogP contribution in [0.3, 0.4) is 0 Å². The first kappa shape index (κ1) is 20.4. The van der Waals surface area contributed by atoms with E-state index >= 15 is 0 Å². The highest BCUT2D eigenvalue weighted by Gasteiger charge is 2.32. The zero-order valence-corrected chi connectivity index (χ0v) is 17.1. The fraction of sp³-hybridized carbons (Fsp3) is 0.476. The molecule has 30 heavy (non-hydrogen) atoms. The number of nitrogens with zero attached hydrogens (tertiary/aromatic N) is 4. The molecule has 160 valence electrons. The Morgan fingerprint density at radius 2 is 1.90 bits per heavy atom. The molecule has 0 saturated carbocycles. The second-order valence-corrected chi connectivity index (χ2v) is 7.61. The summed E-state index contributed by atoms with van der Waals surface area (Å²) in [5.41, 5.74) is 1.18. The van der Waals surface area contributed by atoms with Gasteiger partial charge in [0, 0.05) is 51.0 Å². The van der Waals surface area contributed by atoms with E-state index in [0.717, 1.165) is 13.1 Å². The number of carbonyl (C=O) groups excluding carboxylic acids is 2. The van der Waals surface area contributed by atoms with Crippen LogP contribution in [0.4, 0.5) is 11.5 Å². The summed E-state index contributed by atoms with van der Waals surface area (Å²) < 4.78 is 10.7. The van der Waals surface area contributed by atoms with Gasteiger partial charge in [-0.1, -0.05) is 23.4 Å². The summed E-state index contributed by atoms with van der Waals surface area (Å²) in [5.74, 6) is 0.845. The summed E-state index contributed by atoms with van der Waals surface area (Å²) >= 11 is 0. The highest BCUT2D eigenvalue weighted by Crippen LogP contribution is 2.17. The Morgan fingerprint density at radius 3 is 2.60 bits per heavy atom. The average molecular weight is 413 g/mol. The molecule has 3 heterocycles. The molecule has 0 bridgehead atoms. The van der Waals surface area contributed by atoms with Crippen LogP contribution in [0, 0.1) is 6.92 Å². The quantitative estimate of drug-likeness (QED) is 0.781. The largest absolute Gasteiger partial charge is 0.368 e. The molecule has 0 unspecified atom stereocenters. The van der Waals surface area contributed by atoms with E-state index in [4.69, 9.17) is 9.26 Å². The van der Waals surface area contributed by atoms with Crippen molar-refractivity contribution in [2.75, 3.05) is 62.6 Å². The lowest BCUT2D eigenvalue weighted by atomic mass is 10.2. The summed E-state index contributed by atoms with van der Waals surface area (Å²) in [6.07, 6.45) is -0.538. The van der Waals surface area contributed by atoms with Gasteiger partial charge in [-0.05, 0) is 19.1 Å². The predicted octanol–water partition coefficient (Wildman–Crippen LogP) is 0.971.